The number of halogens is 6. The zero-order valence-corrected chi connectivity index (χ0v) is 20.3. The van der Waals surface area contributed by atoms with E-state index in [2.05, 4.69) is 31.0 Å². The van der Waals surface area contributed by atoms with Gasteiger partial charge in [0, 0.05) is 31.1 Å². The highest BCUT2D eigenvalue weighted by Gasteiger charge is 2.60. The van der Waals surface area contributed by atoms with Crippen molar-refractivity contribution in [3.8, 4) is 5.75 Å². The number of carbonyl (C=O) groups excluding carboxylic acids is 1. The van der Waals surface area contributed by atoms with Crippen LogP contribution in [0.3, 0.4) is 0 Å². The lowest BCUT2D eigenvalue weighted by atomic mass is 9.77. The molecule has 1 aliphatic carbocycles. The van der Waals surface area contributed by atoms with Gasteiger partial charge in [-0.3, -0.25) is 9.48 Å². The number of aromatic nitrogens is 6. The maximum absolute atomic E-state index is 14.8. The van der Waals surface area contributed by atoms with Gasteiger partial charge in [-0.2, -0.15) is 31.4 Å². The maximum atomic E-state index is 14.8. The third-order valence-corrected chi connectivity index (χ3v) is 6.71. The van der Waals surface area contributed by atoms with Gasteiger partial charge in [0.15, 0.2) is 11.4 Å². The predicted octanol–water partition coefficient (Wildman–Crippen LogP) is 4.42. The first-order chi connectivity index (χ1) is 18.5. The van der Waals surface area contributed by atoms with Gasteiger partial charge in [-0.05, 0) is 58.9 Å². The second kappa shape index (κ2) is 10.0. The van der Waals surface area contributed by atoms with Crippen molar-refractivity contribution in [2.24, 2.45) is 5.92 Å². The van der Waals surface area contributed by atoms with E-state index in [1.165, 1.54) is 18.3 Å². The number of rotatable bonds is 9. The summed E-state index contributed by atoms with van der Waals surface area (Å²) in [5.74, 6) is -0.556. The molecule has 1 amide bonds. The summed E-state index contributed by atoms with van der Waals surface area (Å²) in [7, 11) is 0. The van der Waals surface area contributed by atoms with Crippen molar-refractivity contribution in [2.75, 3.05) is 6.61 Å². The minimum Gasteiger partial charge on any atom is -0.494 e. The molecule has 0 spiro atoms. The van der Waals surface area contributed by atoms with Crippen LogP contribution in [-0.4, -0.2) is 55.3 Å². The Labute approximate surface area is 217 Å². The summed E-state index contributed by atoms with van der Waals surface area (Å²) in [6.07, 6.45) is -6.15. The SMILES string of the molecule is O=C1NC(c2ccc(OCCCC(F)(F)F)cc2)(C(F)(F)F)CC(c2cnn(CC3CC3)c2)=C1c1nnn[nH]1. The molecule has 1 saturated carbocycles. The molecule has 1 atom stereocenters. The molecule has 1 aliphatic heterocycles. The number of carbonyl (C=O) groups is 1. The lowest BCUT2D eigenvalue weighted by molar-refractivity contribution is -0.201. The van der Waals surface area contributed by atoms with E-state index >= 15 is 0 Å². The third kappa shape index (κ3) is 5.76. The zero-order valence-electron chi connectivity index (χ0n) is 20.3. The first-order valence-electron chi connectivity index (χ1n) is 12.1. The van der Waals surface area contributed by atoms with Crippen LogP contribution >= 0.6 is 0 Å². The summed E-state index contributed by atoms with van der Waals surface area (Å²) in [6.45, 7) is 0.361. The minimum atomic E-state index is -4.93. The van der Waals surface area contributed by atoms with E-state index in [0.29, 0.717) is 18.0 Å². The van der Waals surface area contributed by atoms with Crippen molar-refractivity contribution in [1.82, 2.24) is 35.7 Å². The van der Waals surface area contributed by atoms with Gasteiger partial charge in [-0.25, -0.2) is 5.10 Å². The van der Waals surface area contributed by atoms with Crippen LogP contribution in [0.4, 0.5) is 26.3 Å². The lowest BCUT2D eigenvalue weighted by Gasteiger charge is -2.41. The third-order valence-electron chi connectivity index (χ3n) is 6.71. The average molecular weight is 555 g/mol. The number of nitrogens with zero attached hydrogens (tertiary/aromatic N) is 5. The van der Waals surface area contributed by atoms with Gasteiger partial charge < -0.3 is 10.1 Å². The zero-order chi connectivity index (χ0) is 27.8. The molecule has 2 N–H and O–H groups in total. The largest absolute Gasteiger partial charge is 0.494 e. The fourth-order valence-corrected chi connectivity index (χ4v) is 4.54. The van der Waals surface area contributed by atoms with Crippen LogP contribution in [0.1, 0.15) is 49.1 Å². The predicted molar refractivity (Wildman–Crippen MR) is 124 cm³/mol. The summed E-state index contributed by atoms with van der Waals surface area (Å²) in [4.78, 5) is 13.3. The summed E-state index contributed by atoms with van der Waals surface area (Å²) in [6, 6.07) is 4.75. The van der Waals surface area contributed by atoms with Crippen molar-refractivity contribution >= 4 is 17.1 Å². The molecule has 5 rings (SSSR count). The number of aromatic amines is 1. The van der Waals surface area contributed by atoms with Gasteiger partial charge in [0.1, 0.15) is 5.75 Å². The first kappa shape index (κ1) is 26.7. The average Bonchev–Trinajstić information content (AvgIpc) is 3.30. The molecule has 0 saturated heterocycles. The monoisotopic (exact) mass is 555 g/mol. The molecule has 0 radical (unpaired) electrons. The van der Waals surface area contributed by atoms with Crippen molar-refractivity contribution < 1.29 is 35.9 Å². The maximum Gasteiger partial charge on any atom is 0.416 e. The van der Waals surface area contributed by atoms with Crippen molar-refractivity contribution in [3.05, 3.63) is 53.6 Å². The van der Waals surface area contributed by atoms with E-state index in [9.17, 15) is 31.1 Å². The number of hydrogen-bond donors (Lipinski definition) is 2. The van der Waals surface area contributed by atoms with Gasteiger partial charge >= 0.3 is 12.4 Å². The normalized spacial score (nSPS) is 20.3. The Bertz CT molecular complexity index is 1340. The van der Waals surface area contributed by atoms with Gasteiger partial charge in [0.05, 0.1) is 18.4 Å². The molecular formula is C24H23F6N7O2. The Morgan fingerprint density at radius 1 is 1.10 bits per heavy atom. The molecule has 1 fully saturated rings. The van der Waals surface area contributed by atoms with Crippen LogP contribution in [0.5, 0.6) is 5.75 Å². The van der Waals surface area contributed by atoms with Crippen molar-refractivity contribution in [3.63, 3.8) is 0 Å². The van der Waals surface area contributed by atoms with Crippen LogP contribution in [0.2, 0.25) is 0 Å². The number of tetrazole rings is 1. The standard InChI is InChI=1S/C24H23F6N7O2/c25-23(26,27)8-1-9-39-17-6-4-16(5-7-17)22(24(28,29)30)10-18(15-11-31-37(13-15)12-14-2-3-14)19(21(38)32-22)20-33-35-36-34-20/h4-7,11,13-14H,1-3,8-10,12H2,(H,32,38)(H,33,34,35,36). The highest BCUT2D eigenvalue weighted by molar-refractivity contribution is 6.27. The molecule has 1 aromatic carbocycles. The Morgan fingerprint density at radius 3 is 2.46 bits per heavy atom. The number of hydrogen-bond acceptors (Lipinski definition) is 6. The molecule has 3 aromatic rings. The molecule has 3 heterocycles. The Hall–Kier alpha value is -3.91. The number of H-pyrrole nitrogens is 1. The summed E-state index contributed by atoms with van der Waals surface area (Å²) in [5, 5.41) is 19.5. The number of nitrogens with one attached hydrogen (secondary N) is 2. The van der Waals surface area contributed by atoms with Crippen LogP contribution < -0.4 is 10.1 Å². The van der Waals surface area contributed by atoms with E-state index < -0.39 is 36.6 Å². The van der Waals surface area contributed by atoms with Gasteiger partial charge in [0.25, 0.3) is 5.91 Å². The van der Waals surface area contributed by atoms with Crippen LogP contribution in [0.25, 0.3) is 11.1 Å². The van der Waals surface area contributed by atoms with E-state index in [0.717, 1.165) is 25.0 Å². The van der Waals surface area contributed by atoms with E-state index in [4.69, 9.17) is 4.74 Å². The van der Waals surface area contributed by atoms with Gasteiger partial charge in [0.2, 0.25) is 0 Å². The van der Waals surface area contributed by atoms with Crippen molar-refractivity contribution in [2.45, 2.75) is 56.5 Å². The van der Waals surface area contributed by atoms with Crippen LogP contribution in [0, 0.1) is 5.92 Å². The first-order valence-corrected chi connectivity index (χ1v) is 12.1. The lowest BCUT2D eigenvalue weighted by Crippen LogP contribution is -2.58. The van der Waals surface area contributed by atoms with E-state index in [1.54, 1.807) is 10.9 Å². The number of ether oxygens (including phenoxy) is 1. The Kier molecular flexibility index (Phi) is 6.84. The van der Waals surface area contributed by atoms with E-state index in [1.807, 2.05) is 0 Å². The topological polar surface area (TPSA) is 111 Å². The molecule has 9 nitrogen and oxygen atoms in total. The molecule has 15 heteroatoms. The molecule has 208 valence electrons. The number of alkyl halides is 6. The van der Waals surface area contributed by atoms with Crippen LogP contribution in [0.15, 0.2) is 36.7 Å². The summed E-state index contributed by atoms with van der Waals surface area (Å²) in [5.41, 5.74) is -2.83. The Morgan fingerprint density at radius 2 is 1.85 bits per heavy atom. The van der Waals surface area contributed by atoms with Gasteiger partial charge in [-0.15, -0.1) is 5.10 Å². The molecule has 39 heavy (non-hydrogen) atoms. The number of benzene rings is 1. The number of amides is 1. The van der Waals surface area contributed by atoms with E-state index in [-0.39, 0.29) is 41.3 Å². The second-order valence-electron chi connectivity index (χ2n) is 9.62. The highest BCUT2D eigenvalue weighted by atomic mass is 19.4. The fourth-order valence-electron chi connectivity index (χ4n) is 4.54. The molecule has 0 bridgehead atoms. The molecule has 1 unspecified atom stereocenters. The molecule has 2 aliphatic rings. The fraction of sp³-hybridized carbons (Fsp3) is 0.458. The smallest absolute Gasteiger partial charge is 0.416 e. The molecular weight excluding hydrogens is 532 g/mol. The quantitative estimate of drug-likeness (QED) is 0.299. The van der Waals surface area contributed by atoms with Crippen molar-refractivity contribution in [1.29, 1.82) is 0 Å². The van der Waals surface area contributed by atoms with Gasteiger partial charge in [-0.1, -0.05) is 12.1 Å². The highest BCUT2D eigenvalue weighted by Crippen LogP contribution is 2.49. The second-order valence-corrected chi connectivity index (χ2v) is 9.62. The van der Waals surface area contributed by atoms with Crippen LogP contribution in [-0.2, 0) is 16.9 Å². The Balaban J connectivity index is 1.48. The summed E-state index contributed by atoms with van der Waals surface area (Å²) < 4.78 is 88.4. The molecule has 2 aromatic heterocycles. The minimum absolute atomic E-state index is 0.0594. The summed E-state index contributed by atoms with van der Waals surface area (Å²) >= 11 is 0.